The minimum absolute atomic E-state index is 0.202. The zero-order chi connectivity index (χ0) is 11.6. The van der Waals surface area contributed by atoms with Crippen LogP contribution in [0.15, 0.2) is 12.3 Å². The second-order valence-electron chi connectivity index (χ2n) is 3.96. The summed E-state index contributed by atoms with van der Waals surface area (Å²) in [7, 11) is 1.91. The second kappa shape index (κ2) is 4.77. The van der Waals surface area contributed by atoms with Crippen molar-refractivity contribution in [2.75, 3.05) is 17.8 Å². The van der Waals surface area contributed by atoms with Crippen LogP contribution < -0.4 is 4.90 Å². The summed E-state index contributed by atoms with van der Waals surface area (Å²) in [5, 5.41) is 1.06. The van der Waals surface area contributed by atoms with Crippen molar-refractivity contribution in [3.63, 3.8) is 0 Å². The Morgan fingerprint density at radius 1 is 1.40 bits per heavy atom. The van der Waals surface area contributed by atoms with Gasteiger partial charge in [0, 0.05) is 24.7 Å². The first-order valence-corrected chi connectivity index (χ1v) is 5.78. The summed E-state index contributed by atoms with van der Waals surface area (Å²) in [5.74, 6) is 1.18. The van der Waals surface area contributed by atoms with Crippen LogP contribution in [-0.2, 0) is 0 Å². The molecule has 0 atom stereocenters. The smallest absolute Gasteiger partial charge is 0.147 e. The Balaban J connectivity index is 3.06. The summed E-state index contributed by atoms with van der Waals surface area (Å²) in [6.45, 7) is 4.04. The van der Waals surface area contributed by atoms with E-state index in [1.165, 1.54) is 0 Å². The van der Waals surface area contributed by atoms with E-state index in [0.29, 0.717) is 21.7 Å². The van der Waals surface area contributed by atoms with Crippen molar-refractivity contribution in [1.82, 2.24) is 4.98 Å². The standard InChI is InChI=1S/C10H13Cl3N2/c1-10(2,6-11)15(3)9-8(13)4-7(12)5-14-9/h4-5H,6H2,1-3H3. The summed E-state index contributed by atoms with van der Waals surface area (Å²) in [5.41, 5.74) is -0.202. The van der Waals surface area contributed by atoms with E-state index in [0.717, 1.165) is 0 Å². The highest BCUT2D eigenvalue weighted by atomic mass is 35.5. The first kappa shape index (κ1) is 12.9. The number of rotatable bonds is 3. The Labute approximate surface area is 105 Å². The molecule has 0 fully saturated rings. The highest BCUT2D eigenvalue weighted by Crippen LogP contribution is 2.29. The summed E-state index contributed by atoms with van der Waals surface area (Å²) in [6.07, 6.45) is 1.57. The van der Waals surface area contributed by atoms with Crippen LogP contribution in [0.4, 0.5) is 5.82 Å². The minimum Gasteiger partial charge on any atom is -0.352 e. The summed E-state index contributed by atoms with van der Waals surface area (Å²) >= 11 is 17.7. The molecule has 5 heteroatoms. The third-order valence-electron chi connectivity index (χ3n) is 2.34. The lowest BCUT2D eigenvalue weighted by Gasteiger charge is -2.35. The first-order valence-electron chi connectivity index (χ1n) is 4.49. The molecule has 0 saturated carbocycles. The molecule has 0 aliphatic carbocycles. The highest BCUT2D eigenvalue weighted by Gasteiger charge is 2.25. The molecule has 0 bridgehead atoms. The Kier molecular flexibility index (Phi) is 4.10. The van der Waals surface area contributed by atoms with Crippen molar-refractivity contribution in [3.05, 3.63) is 22.3 Å². The van der Waals surface area contributed by atoms with Crippen molar-refractivity contribution < 1.29 is 0 Å². The normalized spacial score (nSPS) is 11.6. The van der Waals surface area contributed by atoms with E-state index in [-0.39, 0.29) is 5.54 Å². The average molecular weight is 268 g/mol. The van der Waals surface area contributed by atoms with E-state index in [2.05, 4.69) is 4.98 Å². The van der Waals surface area contributed by atoms with Crippen LogP contribution in [0, 0.1) is 0 Å². The lowest BCUT2D eigenvalue weighted by molar-refractivity contribution is 0.540. The SMILES string of the molecule is CN(c1ncc(Cl)cc1Cl)C(C)(C)CCl. The van der Waals surface area contributed by atoms with Gasteiger partial charge in [-0.25, -0.2) is 4.98 Å². The van der Waals surface area contributed by atoms with Gasteiger partial charge in [-0.15, -0.1) is 11.6 Å². The van der Waals surface area contributed by atoms with Crippen LogP contribution in [0.1, 0.15) is 13.8 Å². The number of halogens is 3. The molecule has 0 N–H and O–H groups in total. The summed E-state index contributed by atoms with van der Waals surface area (Å²) < 4.78 is 0. The molecule has 0 unspecified atom stereocenters. The van der Waals surface area contributed by atoms with Crippen LogP contribution in [0.2, 0.25) is 10.0 Å². The number of hydrogen-bond donors (Lipinski definition) is 0. The van der Waals surface area contributed by atoms with Crippen molar-refractivity contribution in [1.29, 1.82) is 0 Å². The van der Waals surface area contributed by atoms with E-state index in [4.69, 9.17) is 34.8 Å². The summed E-state index contributed by atoms with van der Waals surface area (Å²) in [4.78, 5) is 6.14. The Hall–Kier alpha value is -0.180. The monoisotopic (exact) mass is 266 g/mol. The quantitative estimate of drug-likeness (QED) is 0.774. The van der Waals surface area contributed by atoms with Crippen molar-refractivity contribution in [3.8, 4) is 0 Å². The van der Waals surface area contributed by atoms with Crippen molar-refractivity contribution >= 4 is 40.6 Å². The van der Waals surface area contributed by atoms with Gasteiger partial charge in [0.2, 0.25) is 0 Å². The molecule has 2 nitrogen and oxygen atoms in total. The van der Waals surface area contributed by atoms with E-state index in [9.17, 15) is 0 Å². The molecule has 1 aromatic heterocycles. The molecule has 0 aliphatic rings. The molecule has 0 saturated heterocycles. The third kappa shape index (κ3) is 2.90. The Morgan fingerprint density at radius 2 is 2.00 bits per heavy atom. The van der Waals surface area contributed by atoms with E-state index in [1.54, 1.807) is 12.3 Å². The molecule has 15 heavy (non-hydrogen) atoms. The molecule has 0 spiro atoms. The van der Waals surface area contributed by atoms with E-state index < -0.39 is 0 Å². The number of pyridine rings is 1. The lowest BCUT2D eigenvalue weighted by Crippen LogP contribution is -2.43. The zero-order valence-corrected chi connectivity index (χ0v) is 11.2. The van der Waals surface area contributed by atoms with Gasteiger partial charge < -0.3 is 4.90 Å². The molecule has 1 aromatic rings. The van der Waals surface area contributed by atoms with E-state index in [1.807, 2.05) is 25.8 Å². The van der Waals surface area contributed by atoms with Gasteiger partial charge in [0.25, 0.3) is 0 Å². The predicted octanol–water partition coefficient (Wildman–Crippen LogP) is 3.84. The molecule has 84 valence electrons. The fourth-order valence-electron chi connectivity index (χ4n) is 1.03. The minimum atomic E-state index is -0.202. The number of aromatic nitrogens is 1. The van der Waals surface area contributed by atoms with Crippen molar-refractivity contribution in [2.45, 2.75) is 19.4 Å². The molecular weight excluding hydrogens is 254 g/mol. The third-order valence-corrected chi connectivity index (χ3v) is 3.48. The largest absolute Gasteiger partial charge is 0.352 e. The maximum atomic E-state index is 6.06. The molecule has 0 amide bonds. The topological polar surface area (TPSA) is 16.1 Å². The zero-order valence-electron chi connectivity index (χ0n) is 8.89. The molecule has 0 radical (unpaired) electrons. The molecule has 0 aromatic carbocycles. The Bertz CT molecular complexity index is 353. The van der Waals surface area contributed by atoms with Gasteiger partial charge in [0.1, 0.15) is 5.82 Å². The maximum absolute atomic E-state index is 6.06. The van der Waals surface area contributed by atoms with Crippen LogP contribution in [0.5, 0.6) is 0 Å². The van der Waals surface area contributed by atoms with E-state index >= 15 is 0 Å². The predicted molar refractivity (Wildman–Crippen MR) is 67.5 cm³/mol. The molecule has 1 heterocycles. The van der Waals surface area contributed by atoms with Gasteiger partial charge in [-0.1, -0.05) is 23.2 Å². The van der Waals surface area contributed by atoms with Gasteiger partial charge in [-0.2, -0.15) is 0 Å². The van der Waals surface area contributed by atoms with Crippen LogP contribution in [0.3, 0.4) is 0 Å². The summed E-state index contributed by atoms with van der Waals surface area (Å²) in [6, 6.07) is 1.67. The van der Waals surface area contributed by atoms with Gasteiger partial charge in [0.15, 0.2) is 0 Å². The number of nitrogens with zero attached hydrogens (tertiary/aromatic N) is 2. The van der Waals surface area contributed by atoms with Crippen LogP contribution in [-0.4, -0.2) is 23.5 Å². The van der Waals surface area contributed by atoms with Gasteiger partial charge in [-0.3, -0.25) is 0 Å². The highest BCUT2D eigenvalue weighted by molar-refractivity contribution is 6.36. The first-order chi connectivity index (χ1) is 6.88. The van der Waals surface area contributed by atoms with Gasteiger partial charge in [0.05, 0.1) is 10.0 Å². The number of alkyl halides is 1. The lowest BCUT2D eigenvalue weighted by atomic mass is 10.1. The molecular formula is C10H13Cl3N2. The van der Waals surface area contributed by atoms with Crippen LogP contribution in [0.25, 0.3) is 0 Å². The Morgan fingerprint density at radius 3 is 2.47 bits per heavy atom. The van der Waals surface area contributed by atoms with Crippen LogP contribution >= 0.6 is 34.8 Å². The number of anilines is 1. The maximum Gasteiger partial charge on any atom is 0.147 e. The fraction of sp³-hybridized carbons (Fsp3) is 0.500. The molecule has 1 rings (SSSR count). The van der Waals surface area contributed by atoms with Gasteiger partial charge >= 0.3 is 0 Å². The van der Waals surface area contributed by atoms with Gasteiger partial charge in [-0.05, 0) is 19.9 Å². The fourth-order valence-corrected chi connectivity index (χ4v) is 1.72. The average Bonchev–Trinajstić information content (AvgIpc) is 2.17. The molecule has 0 aliphatic heterocycles. The second-order valence-corrected chi connectivity index (χ2v) is 5.07. The number of hydrogen-bond acceptors (Lipinski definition) is 2. The van der Waals surface area contributed by atoms with Crippen molar-refractivity contribution in [2.24, 2.45) is 0 Å².